The monoisotopic (exact) mass is 467 g/mol. The lowest BCUT2D eigenvalue weighted by molar-refractivity contribution is 0.427. The number of halogens is 1. The van der Waals surface area contributed by atoms with Gasteiger partial charge in [-0.15, -0.1) is 11.3 Å². The van der Waals surface area contributed by atoms with Crippen LogP contribution in [0.15, 0.2) is 62.5 Å². The Morgan fingerprint density at radius 1 is 1.09 bits per heavy atom. The molecule has 1 unspecified atom stereocenters. The second-order valence-electron chi connectivity index (χ2n) is 8.44. The van der Waals surface area contributed by atoms with Crippen LogP contribution in [0.1, 0.15) is 60.7 Å². The third kappa shape index (κ3) is 6.26. The first kappa shape index (κ1) is 26.2. The highest BCUT2D eigenvalue weighted by molar-refractivity contribution is 7.16. The van der Waals surface area contributed by atoms with Crippen LogP contribution in [0.3, 0.4) is 0 Å². The number of benzene rings is 1. The van der Waals surface area contributed by atoms with E-state index in [1.165, 1.54) is 22.9 Å². The first-order valence-electron chi connectivity index (χ1n) is 10.9. The molecule has 0 saturated heterocycles. The summed E-state index contributed by atoms with van der Waals surface area (Å²) in [5.74, 6) is 0.405. The SMILES string of the molecule is C=C(C)c1cccc(F)c1C(=C)C.C=C(O)C(=C)Nc1sc2c(c1C(=C)O)CC(CC)CC2. The molecule has 1 aliphatic carbocycles. The van der Waals surface area contributed by atoms with Crippen molar-refractivity contribution in [1.82, 2.24) is 0 Å². The third-order valence-corrected chi connectivity index (χ3v) is 6.95. The van der Waals surface area contributed by atoms with Gasteiger partial charge < -0.3 is 15.5 Å². The van der Waals surface area contributed by atoms with Crippen molar-refractivity contribution in [3.05, 3.63) is 95.5 Å². The molecule has 0 spiro atoms. The molecule has 0 fully saturated rings. The van der Waals surface area contributed by atoms with Crippen LogP contribution in [0.5, 0.6) is 0 Å². The maximum Gasteiger partial charge on any atom is 0.131 e. The lowest BCUT2D eigenvalue weighted by Gasteiger charge is -2.21. The van der Waals surface area contributed by atoms with E-state index in [0.29, 0.717) is 17.2 Å². The average molecular weight is 468 g/mol. The quantitative estimate of drug-likeness (QED) is 0.282. The fourth-order valence-electron chi connectivity index (χ4n) is 3.92. The first-order chi connectivity index (χ1) is 15.5. The molecule has 0 radical (unpaired) electrons. The summed E-state index contributed by atoms with van der Waals surface area (Å²) in [6.07, 6.45) is 4.35. The van der Waals surface area contributed by atoms with E-state index in [-0.39, 0.29) is 17.3 Å². The Morgan fingerprint density at radius 3 is 2.24 bits per heavy atom. The molecule has 5 heteroatoms. The number of hydrogen-bond donors (Lipinski definition) is 3. The summed E-state index contributed by atoms with van der Waals surface area (Å²) in [5, 5.41) is 23.1. The Labute approximate surface area is 201 Å². The van der Waals surface area contributed by atoms with Crippen LogP contribution in [-0.4, -0.2) is 10.2 Å². The molecule has 3 N–H and O–H groups in total. The van der Waals surface area contributed by atoms with E-state index in [2.05, 4.69) is 45.1 Å². The normalized spacial score (nSPS) is 14.4. The van der Waals surface area contributed by atoms with Gasteiger partial charge in [0.25, 0.3) is 0 Å². The van der Waals surface area contributed by atoms with Crippen molar-refractivity contribution >= 4 is 33.2 Å². The number of allylic oxidation sites excluding steroid dienone is 2. The molecule has 2 aromatic rings. The highest BCUT2D eigenvalue weighted by Gasteiger charge is 2.26. The van der Waals surface area contributed by atoms with Gasteiger partial charge in [-0.1, -0.05) is 63.9 Å². The van der Waals surface area contributed by atoms with Crippen molar-refractivity contribution < 1.29 is 14.6 Å². The highest BCUT2D eigenvalue weighted by atomic mass is 32.1. The van der Waals surface area contributed by atoms with Crippen molar-refractivity contribution in [1.29, 1.82) is 0 Å². The number of fused-ring (bicyclic) bond motifs is 1. The Hall–Kier alpha value is -3.05. The lowest BCUT2D eigenvalue weighted by atomic mass is 9.85. The molecule has 1 aliphatic rings. The summed E-state index contributed by atoms with van der Waals surface area (Å²) >= 11 is 1.60. The molecule has 1 aromatic heterocycles. The van der Waals surface area contributed by atoms with Crippen LogP contribution in [-0.2, 0) is 12.8 Å². The molecule has 1 heterocycles. The summed E-state index contributed by atoms with van der Waals surface area (Å²) < 4.78 is 13.4. The summed E-state index contributed by atoms with van der Waals surface area (Å²) in [4.78, 5) is 1.29. The Balaban J connectivity index is 0.000000257. The molecule has 3 nitrogen and oxygen atoms in total. The molecular weight excluding hydrogens is 433 g/mol. The highest BCUT2D eigenvalue weighted by Crippen LogP contribution is 2.43. The number of aliphatic hydroxyl groups excluding tert-OH is 2. The van der Waals surface area contributed by atoms with Crippen LogP contribution >= 0.6 is 11.3 Å². The van der Waals surface area contributed by atoms with Crippen molar-refractivity contribution in [2.75, 3.05) is 5.32 Å². The number of hydrogen-bond acceptors (Lipinski definition) is 4. The predicted octanol–water partition coefficient (Wildman–Crippen LogP) is 8.68. The number of aliphatic hydroxyl groups is 2. The van der Waals surface area contributed by atoms with Gasteiger partial charge in [0.2, 0.25) is 0 Å². The van der Waals surface area contributed by atoms with Crippen LogP contribution in [0.2, 0.25) is 0 Å². The molecule has 3 rings (SSSR count). The smallest absolute Gasteiger partial charge is 0.131 e. The number of nitrogens with one attached hydrogen (secondary N) is 1. The minimum atomic E-state index is -0.229. The summed E-state index contributed by atoms with van der Waals surface area (Å²) in [5.41, 5.74) is 5.32. The van der Waals surface area contributed by atoms with Gasteiger partial charge in [0, 0.05) is 10.4 Å². The molecule has 0 saturated carbocycles. The number of anilines is 1. The third-order valence-electron chi connectivity index (χ3n) is 5.74. The maximum absolute atomic E-state index is 13.4. The maximum atomic E-state index is 13.4. The van der Waals surface area contributed by atoms with Crippen molar-refractivity contribution in [2.24, 2.45) is 5.92 Å². The average Bonchev–Trinajstić information content (AvgIpc) is 3.10. The number of thiophene rings is 1. The Kier molecular flexibility index (Phi) is 8.89. The van der Waals surface area contributed by atoms with Gasteiger partial charge in [-0.2, -0.15) is 0 Å². The van der Waals surface area contributed by atoms with Crippen molar-refractivity contribution in [3.63, 3.8) is 0 Å². The van der Waals surface area contributed by atoms with Gasteiger partial charge in [0.05, 0.1) is 11.3 Å². The van der Waals surface area contributed by atoms with Crippen LogP contribution in [0.25, 0.3) is 16.9 Å². The molecule has 0 amide bonds. The van der Waals surface area contributed by atoms with Gasteiger partial charge >= 0.3 is 0 Å². The second-order valence-corrected chi connectivity index (χ2v) is 9.55. The Morgan fingerprint density at radius 2 is 1.76 bits per heavy atom. The zero-order valence-electron chi connectivity index (χ0n) is 19.9. The van der Waals surface area contributed by atoms with E-state index < -0.39 is 0 Å². The Bertz CT molecular complexity index is 1110. The largest absolute Gasteiger partial charge is 0.508 e. The predicted molar refractivity (Wildman–Crippen MR) is 142 cm³/mol. The van der Waals surface area contributed by atoms with E-state index in [4.69, 9.17) is 0 Å². The van der Waals surface area contributed by atoms with E-state index in [0.717, 1.165) is 46.5 Å². The van der Waals surface area contributed by atoms with E-state index in [9.17, 15) is 14.6 Å². The second kappa shape index (κ2) is 11.2. The fraction of sp³-hybridized carbons (Fsp3) is 0.286. The number of aryl methyl sites for hydroxylation is 1. The first-order valence-corrected chi connectivity index (χ1v) is 11.8. The number of rotatable bonds is 7. The van der Waals surface area contributed by atoms with Crippen LogP contribution in [0.4, 0.5) is 9.39 Å². The van der Waals surface area contributed by atoms with Gasteiger partial charge in [-0.3, -0.25) is 0 Å². The molecule has 0 bridgehead atoms. The van der Waals surface area contributed by atoms with E-state index in [1.807, 2.05) is 13.0 Å². The van der Waals surface area contributed by atoms with Gasteiger partial charge in [-0.05, 0) is 61.8 Å². The van der Waals surface area contributed by atoms with E-state index in [1.54, 1.807) is 24.3 Å². The zero-order chi connectivity index (χ0) is 24.9. The van der Waals surface area contributed by atoms with E-state index >= 15 is 0 Å². The zero-order valence-corrected chi connectivity index (χ0v) is 20.7. The van der Waals surface area contributed by atoms with Gasteiger partial charge in [0.1, 0.15) is 22.3 Å². The topological polar surface area (TPSA) is 52.5 Å². The fourth-order valence-corrected chi connectivity index (χ4v) is 5.21. The van der Waals surface area contributed by atoms with Gasteiger partial charge in [0.15, 0.2) is 0 Å². The summed E-state index contributed by atoms with van der Waals surface area (Å²) in [7, 11) is 0. The van der Waals surface area contributed by atoms with Crippen LogP contribution < -0.4 is 5.32 Å². The standard InChI is InChI=1S/C16H21NO2S.C12H13F/c1-5-12-6-7-14-13(8-12)15(11(4)19)16(20-14)17-9(2)10(3)18;1-8(2)10-6-5-7-11(13)12(10)9(3)4/h12,17-19H,2-8H2,1H3;5-7H,1,3H2,2,4H3. The summed E-state index contributed by atoms with van der Waals surface area (Å²) in [6.45, 7) is 24.3. The van der Waals surface area contributed by atoms with Crippen molar-refractivity contribution in [3.8, 4) is 0 Å². The minimum absolute atomic E-state index is 0.0677. The van der Waals surface area contributed by atoms with Crippen LogP contribution in [0, 0.1) is 11.7 Å². The minimum Gasteiger partial charge on any atom is -0.508 e. The lowest BCUT2D eigenvalue weighted by Crippen LogP contribution is -2.12. The molecule has 0 aliphatic heterocycles. The van der Waals surface area contributed by atoms with Crippen molar-refractivity contribution in [2.45, 2.75) is 46.5 Å². The molecule has 1 atom stereocenters. The molecule has 1 aromatic carbocycles. The molecule has 176 valence electrons. The molecular formula is C28H34FNO2S. The van der Waals surface area contributed by atoms with Gasteiger partial charge in [-0.25, -0.2) is 4.39 Å². The molecule has 33 heavy (non-hydrogen) atoms. The summed E-state index contributed by atoms with van der Waals surface area (Å²) in [6, 6.07) is 4.98.